The second-order valence-corrected chi connectivity index (χ2v) is 4.38. The minimum Gasteiger partial charge on any atom is -0.469 e. The van der Waals surface area contributed by atoms with Gasteiger partial charge < -0.3 is 9.47 Å². The molecule has 1 aromatic carbocycles. The molecule has 0 aromatic heterocycles. The van der Waals surface area contributed by atoms with Gasteiger partial charge in [-0.15, -0.1) is 0 Å². The molecule has 0 aliphatic carbocycles. The zero-order valence-electron chi connectivity index (χ0n) is 11.7. The molecule has 0 unspecified atom stereocenters. The number of hydrogen-bond donors (Lipinski definition) is 0. The predicted molar refractivity (Wildman–Crippen MR) is 71.9 cm³/mol. The summed E-state index contributed by atoms with van der Waals surface area (Å²) in [7, 11) is 1.38. The van der Waals surface area contributed by atoms with Crippen molar-refractivity contribution in [2.45, 2.75) is 33.1 Å². The van der Waals surface area contributed by atoms with Crippen molar-refractivity contribution >= 4 is 11.9 Å². The lowest BCUT2D eigenvalue weighted by Crippen LogP contribution is -2.08. The van der Waals surface area contributed by atoms with Gasteiger partial charge in [-0.05, 0) is 31.4 Å². The van der Waals surface area contributed by atoms with E-state index in [9.17, 15) is 9.59 Å². The summed E-state index contributed by atoms with van der Waals surface area (Å²) in [6.45, 7) is 4.14. The lowest BCUT2D eigenvalue weighted by Gasteiger charge is -2.07. The van der Waals surface area contributed by atoms with Crippen LogP contribution in [0.1, 0.15) is 30.0 Å². The number of benzene rings is 1. The van der Waals surface area contributed by atoms with E-state index in [1.54, 1.807) is 6.92 Å². The lowest BCUT2D eigenvalue weighted by atomic mass is 10.0. The molecule has 4 heteroatoms. The van der Waals surface area contributed by atoms with Gasteiger partial charge in [0.15, 0.2) is 0 Å². The molecule has 0 heterocycles. The molecule has 0 radical (unpaired) electrons. The van der Waals surface area contributed by atoms with E-state index in [-0.39, 0.29) is 18.4 Å². The number of methoxy groups -OCH3 is 1. The summed E-state index contributed by atoms with van der Waals surface area (Å²) in [6.07, 6.45) is 1.23. The number of rotatable bonds is 6. The number of esters is 2. The van der Waals surface area contributed by atoms with Crippen LogP contribution in [0.4, 0.5) is 0 Å². The topological polar surface area (TPSA) is 52.6 Å². The van der Waals surface area contributed by atoms with E-state index in [0.717, 1.165) is 16.7 Å². The maximum atomic E-state index is 11.5. The number of carbonyl (C=O) groups excluding carboxylic acids is 2. The van der Waals surface area contributed by atoms with Crippen LogP contribution in [0, 0.1) is 6.92 Å². The van der Waals surface area contributed by atoms with Gasteiger partial charge in [-0.3, -0.25) is 9.59 Å². The fourth-order valence-electron chi connectivity index (χ4n) is 1.92. The predicted octanol–water partition coefficient (Wildman–Crippen LogP) is 2.21. The van der Waals surface area contributed by atoms with E-state index in [2.05, 4.69) is 4.74 Å². The van der Waals surface area contributed by atoms with Gasteiger partial charge in [0.1, 0.15) is 0 Å². The van der Waals surface area contributed by atoms with Crippen molar-refractivity contribution in [3.05, 3.63) is 34.9 Å². The third-order valence-corrected chi connectivity index (χ3v) is 2.70. The van der Waals surface area contributed by atoms with Crippen LogP contribution in [0.2, 0.25) is 0 Å². The van der Waals surface area contributed by atoms with Gasteiger partial charge in [0.2, 0.25) is 0 Å². The highest BCUT2D eigenvalue weighted by Gasteiger charge is 2.07. The van der Waals surface area contributed by atoms with E-state index in [1.165, 1.54) is 7.11 Å². The molecule has 4 nitrogen and oxygen atoms in total. The Morgan fingerprint density at radius 2 is 1.79 bits per heavy atom. The number of hydrogen-bond acceptors (Lipinski definition) is 4. The molecule has 0 spiro atoms. The van der Waals surface area contributed by atoms with Crippen LogP contribution in [0.5, 0.6) is 0 Å². The second-order valence-electron chi connectivity index (χ2n) is 4.38. The Morgan fingerprint density at radius 1 is 1.11 bits per heavy atom. The first-order chi connectivity index (χ1) is 9.05. The Bertz CT molecular complexity index is 451. The molecular formula is C15H20O4. The highest BCUT2D eigenvalue weighted by Crippen LogP contribution is 2.13. The zero-order chi connectivity index (χ0) is 14.3. The molecule has 0 fully saturated rings. The summed E-state index contributed by atoms with van der Waals surface area (Å²) >= 11 is 0. The van der Waals surface area contributed by atoms with Crippen molar-refractivity contribution in [2.24, 2.45) is 0 Å². The third-order valence-electron chi connectivity index (χ3n) is 2.70. The summed E-state index contributed by atoms with van der Waals surface area (Å²) < 4.78 is 9.54. The number of ether oxygens (including phenoxy) is 2. The molecule has 0 aliphatic heterocycles. The highest BCUT2D eigenvalue weighted by molar-refractivity contribution is 5.73. The van der Waals surface area contributed by atoms with E-state index in [1.807, 2.05) is 25.1 Å². The minimum absolute atomic E-state index is 0.228. The molecule has 104 valence electrons. The van der Waals surface area contributed by atoms with Crippen LogP contribution in [0.3, 0.4) is 0 Å². The number of carbonyl (C=O) groups is 2. The fourth-order valence-corrected chi connectivity index (χ4v) is 1.92. The monoisotopic (exact) mass is 264 g/mol. The first kappa shape index (κ1) is 15.2. The normalized spacial score (nSPS) is 10.1. The molecule has 0 saturated carbocycles. The largest absolute Gasteiger partial charge is 0.469 e. The van der Waals surface area contributed by atoms with Gasteiger partial charge in [0, 0.05) is 6.42 Å². The van der Waals surface area contributed by atoms with Crippen molar-refractivity contribution in [2.75, 3.05) is 13.7 Å². The quantitative estimate of drug-likeness (QED) is 0.739. The molecule has 0 bridgehead atoms. The van der Waals surface area contributed by atoms with Gasteiger partial charge in [-0.1, -0.05) is 23.8 Å². The molecule has 1 aromatic rings. The zero-order valence-corrected chi connectivity index (χ0v) is 11.7. The minimum atomic E-state index is -0.230. The summed E-state index contributed by atoms with van der Waals surface area (Å²) in [4.78, 5) is 22.6. The first-order valence-corrected chi connectivity index (χ1v) is 6.37. The maximum absolute atomic E-state index is 11.5. The fraction of sp³-hybridized carbons (Fsp3) is 0.467. The Balaban J connectivity index is 2.70. The molecule has 1 rings (SSSR count). The highest BCUT2D eigenvalue weighted by atomic mass is 16.5. The van der Waals surface area contributed by atoms with Gasteiger partial charge in [-0.25, -0.2) is 0 Å². The molecule has 19 heavy (non-hydrogen) atoms. The molecule has 0 amide bonds. The standard InChI is InChI=1S/C15H20O4/c1-4-19-15(17)10-13-8-11(2)7-12(9-13)5-6-14(16)18-3/h7-9H,4-6,10H2,1-3H3. The molecule has 0 N–H and O–H groups in total. The second kappa shape index (κ2) is 7.56. The average molecular weight is 264 g/mol. The van der Waals surface area contributed by atoms with Crippen molar-refractivity contribution in [3.63, 3.8) is 0 Å². The van der Waals surface area contributed by atoms with E-state index < -0.39 is 0 Å². The van der Waals surface area contributed by atoms with E-state index in [0.29, 0.717) is 19.4 Å². The average Bonchev–Trinajstić information content (AvgIpc) is 2.35. The van der Waals surface area contributed by atoms with Crippen LogP contribution >= 0.6 is 0 Å². The molecule has 0 atom stereocenters. The Morgan fingerprint density at radius 3 is 2.42 bits per heavy atom. The summed E-state index contributed by atoms with van der Waals surface area (Å²) in [6, 6.07) is 5.91. The molecule has 0 saturated heterocycles. The van der Waals surface area contributed by atoms with Crippen molar-refractivity contribution in [1.29, 1.82) is 0 Å². The number of aryl methyl sites for hydroxylation is 2. The summed E-state index contributed by atoms with van der Waals surface area (Å²) in [5.74, 6) is -0.458. The van der Waals surface area contributed by atoms with Crippen molar-refractivity contribution in [1.82, 2.24) is 0 Å². The Hall–Kier alpha value is -1.84. The van der Waals surface area contributed by atoms with Crippen molar-refractivity contribution < 1.29 is 19.1 Å². The van der Waals surface area contributed by atoms with Gasteiger partial charge in [0.25, 0.3) is 0 Å². The van der Waals surface area contributed by atoms with Gasteiger partial charge >= 0.3 is 11.9 Å². The van der Waals surface area contributed by atoms with Gasteiger partial charge in [0.05, 0.1) is 20.1 Å². The van der Waals surface area contributed by atoms with Crippen LogP contribution in [-0.2, 0) is 31.9 Å². The smallest absolute Gasteiger partial charge is 0.310 e. The lowest BCUT2D eigenvalue weighted by molar-refractivity contribution is -0.142. The summed E-state index contributed by atoms with van der Waals surface area (Å²) in [5, 5.41) is 0. The van der Waals surface area contributed by atoms with Crippen LogP contribution in [-0.4, -0.2) is 25.7 Å². The molecular weight excluding hydrogens is 244 g/mol. The van der Waals surface area contributed by atoms with Crippen LogP contribution < -0.4 is 0 Å². The Labute approximate surface area is 113 Å². The summed E-state index contributed by atoms with van der Waals surface area (Å²) in [5.41, 5.74) is 3.02. The Kier molecular flexibility index (Phi) is 6.06. The van der Waals surface area contributed by atoms with E-state index in [4.69, 9.17) is 4.74 Å². The maximum Gasteiger partial charge on any atom is 0.310 e. The first-order valence-electron chi connectivity index (χ1n) is 6.37. The van der Waals surface area contributed by atoms with Crippen LogP contribution in [0.25, 0.3) is 0 Å². The van der Waals surface area contributed by atoms with Crippen LogP contribution in [0.15, 0.2) is 18.2 Å². The van der Waals surface area contributed by atoms with Crippen molar-refractivity contribution in [3.8, 4) is 0 Å². The SMILES string of the molecule is CCOC(=O)Cc1cc(C)cc(CCC(=O)OC)c1. The van der Waals surface area contributed by atoms with E-state index >= 15 is 0 Å². The van der Waals surface area contributed by atoms with Gasteiger partial charge in [-0.2, -0.15) is 0 Å². The third kappa shape index (κ3) is 5.55. The molecule has 0 aliphatic rings.